The number of hydrogen-bond donors (Lipinski definition) is 2. The van der Waals surface area contributed by atoms with Crippen molar-refractivity contribution in [3.63, 3.8) is 0 Å². The monoisotopic (exact) mass is 436 g/mol. The Morgan fingerprint density at radius 3 is 2.93 bits per heavy atom. The minimum atomic E-state index is -0.582. The molecule has 0 aromatic carbocycles. The number of carbonyl (C=O) groups excluding carboxylic acids is 2. The third-order valence-corrected chi connectivity index (χ3v) is 6.71. The molecule has 0 aliphatic heterocycles. The lowest BCUT2D eigenvalue weighted by atomic mass is 9.97. The zero-order valence-electron chi connectivity index (χ0n) is 16.3. The van der Waals surface area contributed by atoms with Gasteiger partial charge >= 0.3 is 6.03 Å². The Balaban J connectivity index is 1.84. The minimum Gasteiger partial charge on any atom is -0.383 e. The number of hydrogen-bond acceptors (Lipinski definition) is 7. The van der Waals surface area contributed by atoms with E-state index in [1.165, 1.54) is 11.0 Å². The van der Waals surface area contributed by atoms with Crippen LogP contribution < -0.4 is 16.2 Å². The lowest BCUT2D eigenvalue weighted by molar-refractivity contribution is -0.117. The second-order valence-electron chi connectivity index (χ2n) is 6.57. The summed E-state index contributed by atoms with van der Waals surface area (Å²) in [5, 5.41) is 5.89. The van der Waals surface area contributed by atoms with E-state index < -0.39 is 11.9 Å². The van der Waals surface area contributed by atoms with Gasteiger partial charge in [0.1, 0.15) is 4.83 Å². The molecule has 29 heavy (non-hydrogen) atoms. The van der Waals surface area contributed by atoms with Crippen molar-refractivity contribution in [3.05, 3.63) is 33.4 Å². The largest absolute Gasteiger partial charge is 0.383 e. The number of methoxy groups -OCH3 is 1. The average Bonchev–Trinajstić information content (AvgIpc) is 3.08. The number of nitrogens with zero attached hydrogens (tertiary/aromatic N) is 2. The molecule has 1 aliphatic rings. The molecule has 2 N–H and O–H groups in total. The first-order valence-electron chi connectivity index (χ1n) is 9.40. The summed E-state index contributed by atoms with van der Waals surface area (Å²) in [6, 6.07) is -0.582. The maximum absolute atomic E-state index is 13.2. The number of amides is 3. The van der Waals surface area contributed by atoms with Crippen LogP contribution in [-0.4, -0.2) is 47.5 Å². The summed E-state index contributed by atoms with van der Waals surface area (Å²) >= 11 is 2.71. The first-order valence-corrected chi connectivity index (χ1v) is 11.2. The number of imide groups is 1. The van der Waals surface area contributed by atoms with Gasteiger partial charge in [-0.3, -0.25) is 19.5 Å². The van der Waals surface area contributed by atoms with Crippen LogP contribution in [0.5, 0.6) is 0 Å². The van der Waals surface area contributed by atoms with Gasteiger partial charge in [0.25, 0.3) is 5.56 Å². The SMILES string of the molecule is C=CCNC(=O)NC(=O)CSc1nc2sc3c(c2c(=O)n1CCOC)CCCC3. The summed E-state index contributed by atoms with van der Waals surface area (Å²) in [5.41, 5.74) is 1.05. The molecule has 3 amide bonds. The summed E-state index contributed by atoms with van der Waals surface area (Å²) in [6.07, 6.45) is 5.63. The Morgan fingerprint density at radius 1 is 1.38 bits per heavy atom. The Bertz CT molecular complexity index is 983. The van der Waals surface area contributed by atoms with E-state index in [9.17, 15) is 14.4 Å². The van der Waals surface area contributed by atoms with E-state index in [2.05, 4.69) is 22.2 Å². The molecule has 0 unspecified atom stereocenters. The molecule has 156 valence electrons. The first-order chi connectivity index (χ1) is 14.0. The number of ether oxygens (including phenoxy) is 1. The molecule has 8 nitrogen and oxygen atoms in total. The normalized spacial score (nSPS) is 13.1. The Kier molecular flexibility index (Phi) is 7.45. The summed E-state index contributed by atoms with van der Waals surface area (Å²) in [6.45, 7) is 4.48. The van der Waals surface area contributed by atoms with Gasteiger partial charge in [0.05, 0.1) is 24.3 Å². The zero-order chi connectivity index (χ0) is 20.8. The quantitative estimate of drug-likeness (QED) is 0.373. The number of aryl methyl sites for hydroxylation is 2. The molecule has 0 fully saturated rings. The van der Waals surface area contributed by atoms with E-state index in [1.807, 2.05) is 0 Å². The topological polar surface area (TPSA) is 102 Å². The molecular weight excluding hydrogens is 412 g/mol. The van der Waals surface area contributed by atoms with Gasteiger partial charge < -0.3 is 10.1 Å². The van der Waals surface area contributed by atoms with Crippen LogP contribution in [0.25, 0.3) is 10.2 Å². The van der Waals surface area contributed by atoms with Gasteiger partial charge in [-0.1, -0.05) is 17.8 Å². The highest BCUT2D eigenvalue weighted by molar-refractivity contribution is 7.99. The fraction of sp³-hybridized carbons (Fsp3) is 0.474. The number of urea groups is 1. The van der Waals surface area contributed by atoms with E-state index in [1.54, 1.807) is 23.0 Å². The highest BCUT2D eigenvalue weighted by Gasteiger charge is 2.22. The van der Waals surface area contributed by atoms with Crippen LogP contribution in [0, 0.1) is 0 Å². The number of fused-ring (bicyclic) bond motifs is 3. The molecule has 10 heteroatoms. The van der Waals surface area contributed by atoms with E-state index in [4.69, 9.17) is 4.74 Å². The van der Waals surface area contributed by atoms with Crippen LogP contribution in [-0.2, 0) is 28.9 Å². The van der Waals surface area contributed by atoms with Crippen molar-refractivity contribution in [1.29, 1.82) is 0 Å². The fourth-order valence-electron chi connectivity index (χ4n) is 3.21. The molecular formula is C19H24N4O4S2. The van der Waals surface area contributed by atoms with Crippen molar-refractivity contribution < 1.29 is 14.3 Å². The third kappa shape index (κ3) is 5.06. The van der Waals surface area contributed by atoms with Crippen LogP contribution in [0.4, 0.5) is 4.79 Å². The number of rotatable bonds is 8. The van der Waals surface area contributed by atoms with Crippen molar-refractivity contribution in [2.45, 2.75) is 37.4 Å². The molecule has 0 saturated carbocycles. The number of thioether (sulfide) groups is 1. The summed E-state index contributed by atoms with van der Waals surface area (Å²) in [4.78, 5) is 43.5. The molecule has 0 bridgehead atoms. The number of nitrogens with one attached hydrogen (secondary N) is 2. The summed E-state index contributed by atoms with van der Waals surface area (Å²) < 4.78 is 6.72. The van der Waals surface area contributed by atoms with Gasteiger partial charge in [-0.25, -0.2) is 9.78 Å². The van der Waals surface area contributed by atoms with Crippen molar-refractivity contribution in [2.75, 3.05) is 26.0 Å². The van der Waals surface area contributed by atoms with Gasteiger partial charge in [0.2, 0.25) is 5.91 Å². The van der Waals surface area contributed by atoms with Crippen molar-refractivity contribution in [2.24, 2.45) is 0 Å². The Labute approximate surface area is 176 Å². The lowest BCUT2D eigenvalue weighted by Gasteiger charge is -2.13. The molecule has 1 aliphatic carbocycles. The van der Waals surface area contributed by atoms with Crippen molar-refractivity contribution >= 4 is 45.3 Å². The van der Waals surface area contributed by atoms with Crippen LogP contribution in [0.3, 0.4) is 0 Å². The third-order valence-electron chi connectivity index (χ3n) is 4.55. The van der Waals surface area contributed by atoms with E-state index in [0.29, 0.717) is 23.7 Å². The van der Waals surface area contributed by atoms with Crippen molar-refractivity contribution in [1.82, 2.24) is 20.2 Å². The molecule has 3 rings (SSSR count). The second-order valence-corrected chi connectivity index (χ2v) is 8.60. The van der Waals surface area contributed by atoms with Crippen LogP contribution in [0.2, 0.25) is 0 Å². The molecule has 0 atom stereocenters. The predicted molar refractivity (Wildman–Crippen MR) is 115 cm³/mol. The van der Waals surface area contributed by atoms with Crippen molar-refractivity contribution in [3.8, 4) is 0 Å². The maximum Gasteiger partial charge on any atom is 0.321 e. The number of aromatic nitrogens is 2. The highest BCUT2D eigenvalue weighted by atomic mass is 32.2. The van der Waals surface area contributed by atoms with E-state index in [-0.39, 0.29) is 17.9 Å². The van der Waals surface area contributed by atoms with Crippen LogP contribution >= 0.6 is 23.1 Å². The van der Waals surface area contributed by atoms with E-state index >= 15 is 0 Å². The molecule has 2 aromatic heterocycles. The minimum absolute atomic E-state index is 0.0302. The number of carbonyl (C=O) groups is 2. The number of thiophene rings is 1. The predicted octanol–water partition coefficient (Wildman–Crippen LogP) is 2.09. The van der Waals surface area contributed by atoms with Crippen LogP contribution in [0.1, 0.15) is 23.3 Å². The lowest BCUT2D eigenvalue weighted by Crippen LogP contribution is -2.40. The van der Waals surface area contributed by atoms with E-state index in [0.717, 1.165) is 47.8 Å². The maximum atomic E-state index is 13.2. The summed E-state index contributed by atoms with van der Waals surface area (Å²) in [7, 11) is 1.57. The molecule has 0 saturated heterocycles. The second kappa shape index (κ2) is 10.0. The molecule has 2 aromatic rings. The molecule has 0 spiro atoms. The standard InChI is InChI=1S/C19H24N4O4S2/c1-3-8-20-18(26)21-14(24)11-28-19-22-16-15(17(25)23(19)9-10-27-2)12-6-4-5-7-13(12)29-16/h3H,1,4-11H2,2H3,(H2,20,21,24,26). The van der Waals surface area contributed by atoms with Gasteiger partial charge in [-0.2, -0.15) is 0 Å². The van der Waals surface area contributed by atoms with Gasteiger partial charge in [0, 0.05) is 18.5 Å². The fourth-order valence-corrected chi connectivity index (χ4v) is 5.34. The van der Waals surface area contributed by atoms with Gasteiger partial charge in [-0.05, 0) is 31.2 Å². The molecule has 0 radical (unpaired) electrons. The smallest absolute Gasteiger partial charge is 0.321 e. The van der Waals surface area contributed by atoms with Gasteiger partial charge in [-0.15, -0.1) is 17.9 Å². The summed E-state index contributed by atoms with van der Waals surface area (Å²) in [5.74, 6) is -0.493. The highest BCUT2D eigenvalue weighted by Crippen LogP contribution is 2.34. The average molecular weight is 437 g/mol. The first kappa shape index (κ1) is 21.5. The molecule has 2 heterocycles. The zero-order valence-corrected chi connectivity index (χ0v) is 17.9. The van der Waals surface area contributed by atoms with Gasteiger partial charge in [0.15, 0.2) is 5.16 Å². The Hall–Kier alpha value is -2.17. The van der Waals surface area contributed by atoms with Crippen LogP contribution in [0.15, 0.2) is 22.6 Å². The Morgan fingerprint density at radius 2 is 2.17 bits per heavy atom.